The van der Waals surface area contributed by atoms with Crippen LogP contribution >= 0.6 is 0 Å². The monoisotopic (exact) mass is 278 g/mol. The molecule has 0 fully saturated rings. The minimum atomic E-state index is -4.34. The van der Waals surface area contributed by atoms with Crippen molar-refractivity contribution in [2.75, 3.05) is 6.54 Å². The number of halogens is 3. The van der Waals surface area contributed by atoms with E-state index in [0.717, 1.165) is 37.3 Å². The summed E-state index contributed by atoms with van der Waals surface area (Å²) in [6.07, 6.45) is -2.57. The van der Waals surface area contributed by atoms with Crippen LogP contribution in [0.1, 0.15) is 16.7 Å². The molecule has 2 nitrogen and oxygen atoms in total. The molecule has 0 bridgehead atoms. The number of alkyl halides is 3. The maximum atomic E-state index is 12.5. The first kappa shape index (κ1) is 13.1. The van der Waals surface area contributed by atoms with Gasteiger partial charge in [0.15, 0.2) is 0 Å². The van der Waals surface area contributed by atoms with E-state index in [2.05, 4.69) is 10.3 Å². The molecule has 0 atom stereocenters. The van der Waals surface area contributed by atoms with E-state index in [1.807, 2.05) is 18.2 Å². The molecule has 0 amide bonds. The van der Waals surface area contributed by atoms with Crippen LogP contribution in [-0.2, 0) is 19.1 Å². The largest absolute Gasteiger partial charge is 0.417 e. The van der Waals surface area contributed by atoms with Gasteiger partial charge in [0.2, 0.25) is 0 Å². The molecule has 0 saturated carbocycles. The second-order valence-electron chi connectivity index (χ2n) is 4.80. The topological polar surface area (TPSA) is 24.9 Å². The number of nitrogens with zero attached hydrogens (tertiary/aromatic N) is 1. The molecule has 0 spiro atoms. The van der Waals surface area contributed by atoms with E-state index >= 15 is 0 Å². The van der Waals surface area contributed by atoms with Crippen LogP contribution in [0.15, 0.2) is 36.5 Å². The van der Waals surface area contributed by atoms with Crippen molar-refractivity contribution >= 4 is 0 Å². The molecule has 0 saturated heterocycles. The Balaban J connectivity index is 2.01. The van der Waals surface area contributed by atoms with E-state index < -0.39 is 11.7 Å². The maximum Gasteiger partial charge on any atom is 0.417 e. The minimum Gasteiger partial charge on any atom is -0.312 e. The van der Waals surface area contributed by atoms with E-state index in [-0.39, 0.29) is 0 Å². The number of aromatic nitrogens is 1. The van der Waals surface area contributed by atoms with Crippen LogP contribution in [0.25, 0.3) is 11.3 Å². The van der Waals surface area contributed by atoms with Gasteiger partial charge in [0.25, 0.3) is 0 Å². The Morgan fingerprint density at radius 2 is 1.95 bits per heavy atom. The lowest BCUT2D eigenvalue weighted by Gasteiger charge is -2.20. The molecule has 0 radical (unpaired) electrons. The van der Waals surface area contributed by atoms with Crippen LogP contribution in [-0.4, -0.2) is 11.5 Å². The molecule has 2 aromatic rings. The Bertz CT molecular complexity index is 618. The lowest BCUT2D eigenvalue weighted by Crippen LogP contribution is -2.24. The van der Waals surface area contributed by atoms with Crippen LogP contribution in [0, 0.1) is 0 Å². The first-order valence-electron chi connectivity index (χ1n) is 6.41. The van der Waals surface area contributed by atoms with Gasteiger partial charge in [-0.05, 0) is 36.2 Å². The lowest BCUT2D eigenvalue weighted by atomic mass is 9.93. The molecule has 1 aliphatic heterocycles. The standard InChI is InChI=1S/C15H13F3N2/c16-15(17,18)11-4-5-14(20-9-11)13-3-1-2-10-8-19-7-6-12(10)13/h1-5,9,19H,6-8H2. The normalized spacial score (nSPS) is 14.9. The molecule has 0 unspecified atom stereocenters. The van der Waals surface area contributed by atoms with Gasteiger partial charge < -0.3 is 5.32 Å². The molecular weight excluding hydrogens is 265 g/mol. The predicted octanol–water partition coefficient (Wildman–Crippen LogP) is 3.41. The molecule has 1 aromatic carbocycles. The summed E-state index contributed by atoms with van der Waals surface area (Å²) in [6, 6.07) is 8.40. The van der Waals surface area contributed by atoms with Crippen molar-refractivity contribution in [2.45, 2.75) is 19.1 Å². The smallest absolute Gasteiger partial charge is 0.312 e. The van der Waals surface area contributed by atoms with Crippen molar-refractivity contribution in [3.05, 3.63) is 53.2 Å². The van der Waals surface area contributed by atoms with Crippen molar-refractivity contribution in [1.29, 1.82) is 0 Å². The number of fused-ring (bicyclic) bond motifs is 1. The summed E-state index contributed by atoms with van der Waals surface area (Å²) in [7, 11) is 0. The summed E-state index contributed by atoms with van der Waals surface area (Å²) in [4.78, 5) is 3.98. The van der Waals surface area contributed by atoms with Crippen molar-refractivity contribution in [3.63, 3.8) is 0 Å². The number of hydrogen-bond donors (Lipinski definition) is 1. The molecule has 20 heavy (non-hydrogen) atoms. The van der Waals surface area contributed by atoms with Gasteiger partial charge in [-0.2, -0.15) is 13.2 Å². The van der Waals surface area contributed by atoms with Gasteiger partial charge in [-0.1, -0.05) is 18.2 Å². The number of rotatable bonds is 1. The van der Waals surface area contributed by atoms with Gasteiger partial charge in [-0.3, -0.25) is 4.98 Å². The lowest BCUT2D eigenvalue weighted by molar-refractivity contribution is -0.137. The fourth-order valence-corrected chi connectivity index (χ4v) is 2.49. The van der Waals surface area contributed by atoms with Gasteiger partial charge in [0.1, 0.15) is 0 Å². The zero-order chi connectivity index (χ0) is 14.2. The van der Waals surface area contributed by atoms with Crippen molar-refractivity contribution in [1.82, 2.24) is 10.3 Å². The van der Waals surface area contributed by atoms with Crippen LogP contribution < -0.4 is 5.32 Å². The first-order chi connectivity index (χ1) is 9.55. The Labute approximate surface area is 114 Å². The highest BCUT2D eigenvalue weighted by atomic mass is 19.4. The highest BCUT2D eigenvalue weighted by Gasteiger charge is 2.30. The third-order valence-corrected chi connectivity index (χ3v) is 3.51. The SMILES string of the molecule is FC(F)(F)c1ccc(-c2cccc3c2CCNC3)nc1. The van der Waals surface area contributed by atoms with Crippen LogP contribution in [0.3, 0.4) is 0 Å². The summed E-state index contributed by atoms with van der Waals surface area (Å²) in [6.45, 7) is 1.68. The Morgan fingerprint density at radius 3 is 2.65 bits per heavy atom. The van der Waals surface area contributed by atoms with Gasteiger partial charge in [0.05, 0.1) is 11.3 Å². The molecular formula is C15H13F3N2. The average molecular weight is 278 g/mol. The van der Waals surface area contributed by atoms with E-state index in [9.17, 15) is 13.2 Å². The van der Waals surface area contributed by atoms with Gasteiger partial charge in [-0.15, -0.1) is 0 Å². The maximum absolute atomic E-state index is 12.5. The average Bonchev–Trinajstić information content (AvgIpc) is 2.46. The number of pyridine rings is 1. The van der Waals surface area contributed by atoms with Crippen LogP contribution in [0.2, 0.25) is 0 Å². The van der Waals surface area contributed by atoms with Crippen LogP contribution in [0.5, 0.6) is 0 Å². The van der Waals surface area contributed by atoms with Crippen molar-refractivity contribution < 1.29 is 13.2 Å². The quantitative estimate of drug-likeness (QED) is 0.864. The summed E-state index contributed by atoms with van der Waals surface area (Å²) in [5.74, 6) is 0. The molecule has 0 aliphatic carbocycles. The first-order valence-corrected chi connectivity index (χ1v) is 6.41. The molecule has 1 aromatic heterocycles. The highest BCUT2D eigenvalue weighted by molar-refractivity contribution is 5.66. The van der Waals surface area contributed by atoms with Gasteiger partial charge in [0, 0.05) is 18.3 Å². The number of benzene rings is 1. The molecule has 104 valence electrons. The van der Waals surface area contributed by atoms with Crippen molar-refractivity contribution in [2.24, 2.45) is 0 Å². The molecule has 1 N–H and O–H groups in total. The molecule has 5 heteroatoms. The Morgan fingerprint density at radius 1 is 1.10 bits per heavy atom. The zero-order valence-corrected chi connectivity index (χ0v) is 10.7. The highest BCUT2D eigenvalue weighted by Crippen LogP contribution is 2.31. The van der Waals surface area contributed by atoms with E-state index in [4.69, 9.17) is 0 Å². The molecule has 3 rings (SSSR count). The third-order valence-electron chi connectivity index (χ3n) is 3.51. The predicted molar refractivity (Wildman–Crippen MR) is 70.1 cm³/mol. The number of hydrogen-bond acceptors (Lipinski definition) is 2. The molecule has 1 aliphatic rings. The summed E-state index contributed by atoms with van der Waals surface area (Å²) in [5, 5.41) is 3.28. The zero-order valence-electron chi connectivity index (χ0n) is 10.7. The Hall–Kier alpha value is -1.88. The fraction of sp³-hybridized carbons (Fsp3) is 0.267. The van der Waals surface area contributed by atoms with E-state index in [1.165, 1.54) is 17.2 Å². The molecule has 2 heterocycles. The van der Waals surface area contributed by atoms with Crippen molar-refractivity contribution in [3.8, 4) is 11.3 Å². The second kappa shape index (κ2) is 4.90. The Kier molecular flexibility index (Phi) is 3.22. The summed E-state index contributed by atoms with van der Waals surface area (Å²) in [5.41, 5.74) is 3.18. The number of nitrogens with one attached hydrogen (secondary N) is 1. The fourth-order valence-electron chi connectivity index (χ4n) is 2.49. The third kappa shape index (κ3) is 2.41. The van der Waals surface area contributed by atoms with Gasteiger partial charge >= 0.3 is 6.18 Å². The summed E-state index contributed by atoms with van der Waals surface area (Å²) < 4.78 is 37.6. The second-order valence-corrected chi connectivity index (χ2v) is 4.80. The van der Waals surface area contributed by atoms with E-state index in [0.29, 0.717) is 5.69 Å². The minimum absolute atomic E-state index is 0.594. The van der Waals surface area contributed by atoms with Gasteiger partial charge in [-0.25, -0.2) is 0 Å². The van der Waals surface area contributed by atoms with E-state index in [1.54, 1.807) is 0 Å². The summed E-state index contributed by atoms with van der Waals surface area (Å²) >= 11 is 0. The van der Waals surface area contributed by atoms with Crippen LogP contribution in [0.4, 0.5) is 13.2 Å².